The van der Waals surface area contributed by atoms with Crippen molar-refractivity contribution in [1.29, 1.82) is 0 Å². The van der Waals surface area contributed by atoms with Gasteiger partial charge in [-0.3, -0.25) is 9.59 Å². The van der Waals surface area contributed by atoms with Gasteiger partial charge in [0.25, 0.3) is 0 Å². The van der Waals surface area contributed by atoms with Gasteiger partial charge in [-0.2, -0.15) is 0 Å². The molecule has 0 spiro atoms. The van der Waals surface area contributed by atoms with Crippen molar-refractivity contribution in [2.24, 2.45) is 5.92 Å². The minimum absolute atomic E-state index is 0.168. The van der Waals surface area contributed by atoms with Crippen LogP contribution in [0.3, 0.4) is 0 Å². The molecule has 0 heterocycles. The van der Waals surface area contributed by atoms with E-state index in [1.807, 2.05) is 0 Å². The third kappa shape index (κ3) is 27.2. The lowest BCUT2D eigenvalue weighted by molar-refractivity contribution is -0.122. The number of carbonyl (C=O) groups excluding carboxylic acids is 2. The zero-order valence-corrected chi connectivity index (χ0v) is 18.8. The predicted molar refractivity (Wildman–Crippen MR) is 117 cm³/mol. The molecule has 0 aromatic heterocycles. The van der Waals surface area contributed by atoms with Crippen LogP contribution < -0.4 is 16.0 Å². The van der Waals surface area contributed by atoms with Gasteiger partial charge in [0.1, 0.15) is 0 Å². The van der Waals surface area contributed by atoms with Gasteiger partial charge in [0, 0.05) is 25.9 Å². The standard InChI is InChI=1S/C19H39N3O2.C3H8/c1-4-20-13-11-15-21-18(23)12-9-7-5-6-8-10-14-22-19(24)16-17(2)3;1-3-2/h17,20H,4-16H2,1-3H3,(H,21,23)(H,22,24);3H2,1-2H3. The molecule has 0 aliphatic carbocycles. The summed E-state index contributed by atoms with van der Waals surface area (Å²) in [6.07, 6.45) is 10.2. The molecule has 0 fully saturated rings. The van der Waals surface area contributed by atoms with Crippen LogP contribution in [0, 0.1) is 5.92 Å². The highest BCUT2D eigenvalue weighted by molar-refractivity contribution is 5.76. The fraction of sp³-hybridized carbons (Fsp3) is 0.909. The van der Waals surface area contributed by atoms with E-state index < -0.39 is 0 Å². The normalized spacial score (nSPS) is 10.3. The predicted octanol–water partition coefficient (Wildman–Crippen LogP) is 4.41. The first-order valence-electron chi connectivity index (χ1n) is 11.2. The maximum absolute atomic E-state index is 11.6. The van der Waals surface area contributed by atoms with Crippen LogP contribution in [0.25, 0.3) is 0 Å². The molecule has 0 atom stereocenters. The molecule has 2 amide bonds. The molecule has 0 rings (SSSR count). The van der Waals surface area contributed by atoms with Crippen LogP contribution in [0.2, 0.25) is 0 Å². The summed E-state index contributed by atoms with van der Waals surface area (Å²) in [7, 11) is 0. The van der Waals surface area contributed by atoms with Gasteiger partial charge in [0.15, 0.2) is 0 Å². The van der Waals surface area contributed by atoms with Crippen molar-refractivity contribution in [3.8, 4) is 0 Å². The van der Waals surface area contributed by atoms with Gasteiger partial charge >= 0.3 is 0 Å². The molecule has 0 aromatic carbocycles. The Hall–Kier alpha value is -1.10. The molecular weight excluding hydrogens is 338 g/mol. The van der Waals surface area contributed by atoms with Crippen LogP contribution in [-0.2, 0) is 9.59 Å². The van der Waals surface area contributed by atoms with Crippen LogP contribution in [0.5, 0.6) is 0 Å². The molecule has 0 saturated carbocycles. The second-order valence-electron chi connectivity index (χ2n) is 7.58. The van der Waals surface area contributed by atoms with E-state index in [1.54, 1.807) is 0 Å². The van der Waals surface area contributed by atoms with Crippen LogP contribution in [-0.4, -0.2) is 38.0 Å². The van der Waals surface area contributed by atoms with Gasteiger partial charge in [-0.05, 0) is 38.3 Å². The Labute approximate surface area is 168 Å². The monoisotopic (exact) mass is 385 g/mol. The SMILES string of the molecule is CCC.CCNCCCNC(=O)CCCCCCCCNC(=O)CC(C)C. The zero-order chi connectivity index (χ0) is 20.8. The minimum Gasteiger partial charge on any atom is -0.356 e. The maximum Gasteiger partial charge on any atom is 0.220 e. The lowest BCUT2D eigenvalue weighted by Crippen LogP contribution is -2.27. The summed E-state index contributed by atoms with van der Waals surface area (Å²) in [5.74, 6) is 0.774. The quantitative estimate of drug-likeness (QED) is 0.345. The molecule has 5 heteroatoms. The molecular formula is C22H47N3O2. The third-order valence-corrected chi connectivity index (χ3v) is 3.85. The van der Waals surface area contributed by atoms with E-state index in [0.717, 1.165) is 58.3 Å². The number of nitrogens with one attached hydrogen (secondary N) is 3. The summed E-state index contributed by atoms with van der Waals surface area (Å²) in [5.41, 5.74) is 0. The molecule has 162 valence electrons. The molecule has 0 aliphatic heterocycles. The number of amides is 2. The summed E-state index contributed by atoms with van der Waals surface area (Å²) in [6, 6.07) is 0. The number of unbranched alkanes of at least 4 members (excludes halogenated alkanes) is 5. The fourth-order valence-corrected chi connectivity index (χ4v) is 2.49. The number of carbonyl (C=O) groups is 2. The van der Waals surface area contributed by atoms with Crippen LogP contribution >= 0.6 is 0 Å². The largest absolute Gasteiger partial charge is 0.356 e. The van der Waals surface area contributed by atoms with Crippen LogP contribution in [0.1, 0.15) is 98.8 Å². The number of hydrogen-bond acceptors (Lipinski definition) is 3. The summed E-state index contributed by atoms with van der Waals surface area (Å²) in [5, 5.41) is 9.17. The topological polar surface area (TPSA) is 70.2 Å². The van der Waals surface area contributed by atoms with Gasteiger partial charge in [-0.1, -0.05) is 66.7 Å². The van der Waals surface area contributed by atoms with Crippen molar-refractivity contribution in [2.75, 3.05) is 26.2 Å². The second kappa shape index (κ2) is 22.9. The number of rotatable bonds is 16. The highest BCUT2D eigenvalue weighted by atomic mass is 16.2. The van der Waals surface area contributed by atoms with Crippen molar-refractivity contribution < 1.29 is 9.59 Å². The van der Waals surface area contributed by atoms with Crippen molar-refractivity contribution in [2.45, 2.75) is 98.8 Å². The fourth-order valence-electron chi connectivity index (χ4n) is 2.49. The van der Waals surface area contributed by atoms with Crippen LogP contribution in [0.15, 0.2) is 0 Å². The lowest BCUT2D eigenvalue weighted by atomic mass is 10.1. The summed E-state index contributed by atoms with van der Waals surface area (Å²) < 4.78 is 0. The van der Waals surface area contributed by atoms with Crippen LogP contribution in [0.4, 0.5) is 0 Å². The first-order chi connectivity index (χ1) is 13.0. The summed E-state index contributed by atoms with van der Waals surface area (Å²) in [4.78, 5) is 23.1. The van der Waals surface area contributed by atoms with Gasteiger partial charge < -0.3 is 16.0 Å². The molecule has 5 nitrogen and oxygen atoms in total. The van der Waals surface area contributed by atoms with E-state index in [4.69, 9.17) is 0 Å². The molecule has 0 saturated heterocycles. The van der Waals surface area contributed by atoms with E-state index in [0.29, 0.717) is 18.8 Å². The van der Waals surface area contributed by atoms with E-state index in [-0.39, 0.29) is 11.8 Å². The van der Waals surface area contributed by atoms with Crippen molar-refractivity contribution in [3.05, 3.63) is 0 Å². The molecule has 27 heavy (non-hydrogen) atoms. The average molecular weight is 386 g/mol. The average Bonchev–Trinajstić information content (AvgIpc) is 2.60. The smallest absolute Gasteiger partial charge is 0.220 e. The first kappa shape index (κ1) is 28.1. The Bertz CT molecular complexity index is 334. The molecule has 0 unspecified atom stereocenters. The highest BCUT2D eigenvalue weighted by Crippen LogP contribution is 2.07. The van der Waals surface area contributed by atoms with Crippen molar-refractivity contribution in [1.82, 2.24) is 16.0 Å². The first-order valence-corrected chi connectivity index (χ1v) is 11.2. The Morgan fingerprint density at radius 1 is 0.704 bits per heavy atom. The Kier molecular flexibility index (Phi) is 23.9. The van der Waals surface area contributed by atoms with Crippen molar-refractivity contribution in [3.63, 3.8) is 0 Å². The highest BCUT2D eigenvalue weighted by Gasteiger charge is 2.03. The van der Waals surface area contributed by atoms with Gasteiger partial charge in [0.2, 0.25) is 11.8 Å². The van der Waals surface area contributed by atoms with Gasteiger partial charge in [-0.15, -0.1) is 0 Å². The zero-order valence-electron chi connectivity index (χ0n) is 18.8. The molecule has 0 radical (unpaired) electrons. The Balaban J connectivity index is 0. The maximum atomic E-state index is 11.6. The summed E-state index contributed by atoms with van der Waals surface area (Å²) in [6.45, 7) is 14.0. The summed E-state index contributed by atoms with van der Waals surface area (Å²) >= 11 is 0. The van der Waals surface area contributed by atoms with Gasteiger partial charge in [-0.25, -0.2) is 0 Å². The molecule has 0 aromatic rings. The lowest BCUT2D eigenvalue weighted by Gasteiger charge is -2.07. The van der Waals surface area contributed by atoms with E-state index in [2.05, 4.69) is 50.6 Å². The van der Waals surface area contributed by atoms with Gasteiger partial charge in [0.05, 0.1) is 0 Å². The molecule has 0 aliphatic rings. The Morgan fingerprint density at radius 3 is 1.81 bits per heavy atom. The van der Waals surface area contributed by atoms with E-state index in [9.17, 15) is 9.59 Å². The van der Waals surface area contributed by atoms with Crippen molar-refractivity contribution >= 4 is 11.8 Å². The third-order valence-electron chi connectivity index (χ3n) is 3.85. The second-order valence-corrected chi connectivity index (χ2v) is 7.58. The molecule has 0 bridgehead atoms. The Morgan fingerprint density at radius 2 is 1.22 bits per heavy atom. The van der Waals surface area contributed by atoms with E-state index in [1.165, 1.54) is 19.3 Å². The number of hydrogen-bond donors (Lipinski definition) is 3. The molecule has 3 N–H and O–H groups in total. The minimum atomic E-state index is 0.168. The van der Waals surface area contributed by atoms with E-state index >= 15 is 0 Å².